The van der Waals surface area contributed by atoms with Gasteiger partial charge in [-0.05, 0) is 29.2 Å². The molecule has 2 aliphatic rings. The average molecular weight is 489 g/mol. The molecule has 0 radical (unpaired) electrons. The third kappa shape index (κ3) is 2.61. The lowest BCUT2D eigenvalue weighted by Gasteiger charge is -2.48. The molecule has 0 aromatic heterocycles. The highest BCUT2D eigenvalue weighted by Crippen LogP contribution is 2.68. The summed E-state index contributed by atoms with van der Waals surface area (Å²) >= 11 is 3.42. The Balaban J connectivity index is 1.99. The summed E-state index contributed by atoms with van der Waals surface area (Å²) in [5, 5.41) is 39.6. The van der Waals surface area contributed by atoms with E-state index in [1.54, 1.807) is 19.1 Å². The third-order valence-electron chi connectivity index (χ3n) is 6.82. The zero-order chi connectivity index (χ0) is 23.3. The minimum absolute atomic E-state index is 0.306. The highest BCUT2D eigenvalue weighted by molar-refractivity contribution is 9.10. The van der Waals surface area contributed by atoms with Crippen molar-refractivity contribution in [2.75, 3.05) is 0 Å². The first kappa shape index (κ1) is 22.0. The van der Waals surface area contributed by atoms with Crippen molar-refractivity contribution in [3.8, 4) is 18.2 Å². The van der Waals surface area contributed by atoms with Crippen LogP contribution in [0.5, 0.6) is 0 Å². The van der Waals surface area contributed by atoms with Crippen molar-refractivity contribution in [3.63, 3.8) is 0 Å². The molecule has 0 amide bonds. The van der Waals surface area contributed by atoms with Crippen molar-refractivity contribution in [3.05, 3.63) is 69.7 Å². The van der Waals surface area contributed by atoms with Crippen LogP contribution in [-0.2, 0) is 15.3 Å². The maximum Gasteiger partial charge on any atom is 0.244 e. The maximum atomic E-state index is 10.4. The van der Waals surface area contributed by atoms with Gasteiger partial charge in [0, 0.05) is 10.0 Å². The molecule has 2 saturated heterocycles. The van der Waals surface area contributed by atoms with Crippen molar-refractivity contribution >= 4 is 21.8 Å². The fourth-order valence-electron chi connectivity index (χ4n) is 4.91. The summed E-state index contributed by atoms with van der Waals surface area (Å²) in [5.41, 5.74) is -1.47. The molecule has 0 spiro atoms. The minimum atomic E-state index is -1.97. The molecule has 0 saturated carbocycles. The standard InChI is InChI=1S/C25H21BrN4O2/c1-15(2)17-4-6-18(7-5-17)21-23(12-27,13-28)24(14-29)16(3)25(31-21,32-22(24)30)19-8-10-20(26)11-9-19/h4-11,15-16,21,30H,1-3H3. The fraction of sp³-hybridized carbons (Fsp3) is 0.360. The van der Waals surface area contributed by atoms with Crippen LogP contribution >= 0.6 is 15.9 Å². The summed E-state index contributed by atoms with van der Waals surface area (Å²) < 4.78 is 13.4. The van der Waals surface area contributed by atoms with Crippen LogP contribution in [-0.4, -0.2) is 5.90 Å². The number of halogens is 1. The number of ether oxygens (including phenoxy) is 2. The number of benzene rings is 2. The molecule has 32 heavy (non-hydrogen) atoms. The fourth-order valence-corrected chi connectivity index (χ4v) is 5.17. The monoisotopic (exact) mass is 488 g/mol. The number of hydrogen-bond donors (Lipinski definition) is 1. The molecule has 4 atom stereocenters. The molecule has 6 nitrogen and oxygen atoms in total. The summed E-state index contributed by atoms with van der Waals surface area (Å²) in [7, 11) is 0. The van der Waals surface area contributed by atoms with E-state index < -0.39 is 34.5 Å². The van der Waals surface area contributed by atoms with Crippen LogP contribution in [0, 0.1) is 56.2 Å². The first-order chi connectivity index (χ1) is 15.2. The minimum Gasteiger partial charge on any atom is -0.443 e. The lowest BCUT2D eigenvalue weighted by molar-refractivity contribution is -0.288. The number of fused-ring (bicyclic) bond motifs is 2. The predicted molar refractivity (Wildman–Crippen MR) is 120 cm³/mol. The zero-order valence-electron chi connectivity index (χ0n) is 17.9. The molecule has 2 aliphatic heterocycles. The van der Waals surface area contributed by atoms with Gasteiger partial charge in [0.25, 0.3) is 0 Å². The van der Waals surface area contributed by atoms with Crippen LogP contribution in [0.15, 0.2) is 53.0 Å². The molecular weight excluding hydrogens is 468 g/mol. The largest absolute Gasteiger partial charge is 0.443 e. The lowest BCUT2D eigenvalue weighted by Crippen LogP contribution is -2.57. The van der Waals surface area contributed by atoms with Crippen molar-refractivity contribution in [1.29, 1.82) is 21.2 Å². The van der Waals surface area contributed by atoms with E-state index in [2.05, 4.69) is 48.0 Å². The van der Waals surface area contributed by atoms with Gasteiger partial charge in [0.1, 0.15) is 6.10 Å². The van der Waals surface area contributed by atoms with Gasteiger partial charge in [-0.15, -0.1) is 0 Å². The van der Waals surface area contributed by atoms with Crippen LogP contribution in [0.3, 0.4) is 0 Å². The van der Waals surface area contributed by atoms with E-state index in [-0.39, 0.29) is 0 Å². The van der Waals surface area contributed by atoms with Gasteiger partial charge in [0.05, 0.1) is 24.1 Å². The molecule has 160 valence electrons. The predicted octanol–water partition coefficient (Wildman–Crippen LogP) is 5.68. The Labute approximate surface area is 195 Å². The molecule has 2 fully saturated rings. The van der Waals surface area contributed by atoms with Crippen molar-refractivity contribution in [2.24, 2.45) is 16.7 Å². The highest BCUT2D eigenvalue weighted by atomic mass is 79.9. The second-order valence-electron chi connectivity index (χ2n) is 8.60. The molecule has 7 heteroatoms. The van der Waals surface area contributed by atoms with Crippen molar-refractivity contribution < 1.29 is 9.47 Å². The Morgan fingerprint density at radius 3 is 2.06 bits per heavy atom. The second-order valence-corrected chi connectivity index (χ2v) is 9.51. The number of nitrogens with zero attached hydrogens (tertiary/aromatic N) is 3. The van der Waals surface area contributed by atoms with Gasteiger partial charge in [-0.1, -0.05) is 73.1 Å². The van der Waals surface area contributed by atoms with Gasteiger partial charge in [-0.25, -0.2) is 0 Å². The van der Waals surface area contributed by atoms with E-state index in [0.717, 1.165) is 10.0 Å². The highest BCUT2D eigenvalue weighted by Gasteiger charge is 2.79. The quantitative estimate of drug-likeness (QED) is 0.596. The SMILES string of the molecule is CC(C)c1ccc(C2OC3(c4ccc(Br)cc4)OC(=N)C(C#N)(C3C)C2(C#N)C#N)cc1. The molecule has 2 aromatic rings. The van der Waals surface area contributed by atoms with Crippen LogP contribution in [0.1, 0.15) is 49.5 Å². The molecule has 4 unspecified atom stereocenters. The summed E-state index contributed by atoms with van der Waals surface area (Å²) in [6.07, 6.45) is -1.10. The van der Waals surface area contributed by atoms with Gasteiger partial charge in [0.2, 0.25) is 17.1 Å². The zero-order valence-corrected chi connectivity index (χ0v) is 19.5. The van der Waals surface area contributed by atoms with Crippen LogP contribution < -0.4 is 0 Å². The first-order valence-electron chi connectivity index (χ1n) is 10.3. The second kappa shape index (κ2) is 7.45. The number of nitrogens with one attached hydrogen (secondary N) is 1. The Hall–Kier alpha value is -3.18. The van der Waals surface area contributed by atoms with Crippen LogP contribution in [0.25, 0.3) is 0 Å². The summed E-state index contributed by atoms with van der Waals surface area (Å²) in [6, 6.07) is 21.0. The van der Waals surface area contributed by atoms with Gasteiger partial charge in [0.15, 0.2) is 5.41 Å². The van der Waals surface area contributed by atoms with Gasteiger partial charge < -0.3 is 9.47 Å². The Bertz CT molecular complexity index is 1190. The maximum absolute atomic E-state index is 10.4. The van der Waals surface area contributed by atoms with E-state index >= 15 is 0 Å². The Morgan fingerprint density at radius 2 is 1.56 bits per heavy atom. The van der Waals surface area contributed by atoms with E-state index in [9.17, 15) is 15.8 Å². The van der Waals surface area contributed by atoms with E-state index in [4.69, 9.17) is 14.9 Å². The Kier molecular flexibility index (Phi) is 5.13. The van der Waals surface area contributed by atoms with E-state index in [1.165, 1.54) is 0 Å². The molecule has 2 bridgehead atoms. The number of hydrogen-bond acceptors (Lipinski definition) is 6. The smallest absolute Gasteiger partial charge is 0.244 e. The molecule has 0 aliphatic carbocycles. The topological polar surface area (TPSA) is 114 Å². The van der Waals surface area contributed by atoms with Crippen molar-refractivity contribution in [2.45, 2.75) is 38.6 Å². The molecule has 1 N–H and O–H groups in total. The van der Waals surface area contributed by atoms with Gasteiger partial charge in [-0.2, -0.15) is 15.8 Å². The van der Waals surface area contributed by atoms with Gasteiger partial charge in [-0.3, -0.25) is 5.41 Å². The average Bonchev–Trinajstić information content (AvgIpc) is 2.96. The first-order valence-corrected chi connectivity index (χ1v) is 11.1. The molecule has 4 rings (SSSR count). The lowest BCUT2D eigenvalue weighted by atomic mass is 9.53. The van der Waals surface area contributed by atoms with Gasteiger partial charge >= 0.3 is 0 Å². The molecule has 2 aromatic carbocycles. The van der Waals surface area contributed by atoms with Crippen molar-refractivity contribution in [1.82, 2.24) is 0 Å². The van der Waals surface area contributed by atoms with E-state index in [1.807, 2.05) is 36.4 Å². The summed E-state index contributed by atoms with van der Waals surface area (Å²) in [5.74, 6) is -2.37. The number of rotatable bonds is 3. The summed E-state index contributed by atoms with van der Waals surface area (Å²) in [4.78, 5) is 0. The normalized spacial score (nSPS) is 30.1. The van der Waals surface area contributed by atoms with E-state index in [0.29, 0.717) is 17.0 Å². The Morgan fingerprint density at radius 1 is 0.969 bits per heavy atom. The summed E-state index contributed by atoms with van der Waals surface area (Å²) in [6.45, 7) is 5.85. The van der Waals surface area contributed by atoms with Crippen LogP contribution in [0.4, 0.5) is 0 Å². The third-order valence-corrected chi connectivity index (χ3v) is 7.35. The molecular formula is C25H21BrN4O2. The van der Waals surface area contributed by atoms with Crippen LogP contribution in [0.2, 0.25) is 0 Å². The number of nitriles is 3. The molecule has 2 heterocycles.